The number of carbonyl (C=O) groups excluding carboxylic acids is 1. The van der Waals surface area contributed by atoms with Crippen LogP contribution in [0.1, 0.15) is 50.7 Å². The zero-order valence-corrected chi connectivity index (χ0v) is 13.3. The molecule has 4 heteroatoms. The Morgan fingerprint density at radius 1 is 1.33 bits per heavy atom. The summed E-state index contributed by atoms with van der Waals surface area (Å²) in [7, 11) is 0. The van der Waals surface area contributed by atoms with Gasteiger partial charge in [0, 0.05) is 0 Å². The maximum atomic E-state index is 9.60. The minimum Gasteiger partial charge on any atom is -0.462 e. The van der Waals surface area contributed by atoms with E-state index in [0.29, 0.717) is 12.4 Å². The first kappa shape index (κ1) is 17.7. The van der Waals surface area contributed by atoms with Crippen LogP contribution in [0.15, 0.2) is 24.3 Å². The lowest BCUT2D eigenvalue weighted by atomic mass is 9.89. The summed E-state index contributed by atoms with van der Waals surface area (Å²) < 4.78 is 4.55. The molecule has 1 saturated heterocycles. The maximum absolute atomic E-state index is 9.60. The van der Waals surface area contributed by atoms with Crippen molar-refractivity contribution in [1.29, 1.82) is 0 Å². The summed E-state index contributed by atoms with van der Waals surface area (Å²) in [5, 5.41) is 12.4. The maximum Gasteiger partial charge on any atom is 0.293 e. The number of rotatable bonds is 3. The third kappa shape index (κ3) is 7.25. The molecular weight excluding hydrogens is 266 g/mol. The van der Waals surface area contributed by atoms with E-state index in [4.69, 9.17) is 5.11 Å². The van der Waals surface area contributed by atoms with Gasteiger partial charge in [-0.2, -0.15) is 0 Å². The van der Waals surface area contributed by atoms with Crippen molar-refractivity contribution in [2.45, 2.75) is 51.7 Å². The molecule has 0 spiro atoms. The van der Waals surface area contributed by atoms with E-state index in [0.717, 1.165) is 18.7 Å². The lowest BCUT2D eigenvalue weighted by Gasteiger charge is -2.23. The van der Waals surface area contributed by atoms with Gasteiger partial charge in [-0.05, 0) is 63.7 Å². The zero-order chi connectivity index (χ0) is 15.7. The molecule has 1 aromatic carbocycles. The monoisotopic (exact) mass is 293 g/mol. The van der Waals surface area contributed by atoms with E-state index >= 15 is 0 Å². The molecule has 0 aromatic heterocycles. The summed E-state index contributed by atoms with van der Waals surface area (Å²) in [6.07, 6.45) is 2.43. The summed E-state index contributed by atoms with van der Waals surface area (Å²) in [5.74, 6) is 0.683. The van der Waals surface area contributed by atoms with E-state index in [2.05, 4.69) is 22.2 Å². The number of ether oxygens (including phenoxy) is 1. The fourth-order valence-corrected chi connectivity index (χ4v) is 2.24. The van der Waals surface area contributed by atoms with Crippen LogP contribution >= 0.6 is 0 Å². The van der Waals surface area contributed by atoms with Crippen molar-refractivity contribution in [3.63, 3.8) is 0 Å². The largest absolute Gasteiger partial charge is 0.462 e. The van der Waals surface area contributed by atoms with E-state index in [1.165, 1.54) is 18.4 Å². The van der Waals surface area contributed by atoms with Gasteiger partial charge in [-0.3, -0.25) is 4.79 Å². The number of benzene rings is 1. The van der Waals surface area contributed by atoms with E-state index in [9.17, 15) is 4.79 Å². The van der Waals surface area contributed by atoms with Gasteiger partial charge >= 0.3 is 0 Å². The van der Waals surface area contributed by atoms with Gasteiger partial charge in [0.05, 0.1) is 6.61 Å². The van der Waals surface area contributed by atoms with Crippen LogP contribution in [0.25, 0.3) is 0 Å². The lowest BCUT2D eigenvalue weighted by Crippen LogP contribution is -2.26. The second-order valence-corrected chi connectivity index (χ2v) is 6.25. The minimum atomic E-state index is -0.318. The Balaban J connectivity index is 0.000000270. The highest BCUT2D eigenvalue weighted by molar-refractivity contribution is 5.37. The Kier molecular flexibility index (Phi) is 7.40. The molecule has 118 valence electrons. The molecule has 0 radical (unpaired) electrons. The van der Waals surface area contributed by atoms with Gasteiger partial charge in [-0.25, -0.2) is 0 Å². The van der Waals surface area contributed by atoms with Crippen LogP contribution in [0, 0.1) is 0 Å². The number of aliphatic hydroxyl groups is 1. The Hall–Kier alpha value is -1.39. The summed E-state index contributed by atoms with van der Waals surface area (Å²) in [6.45, 7) is 8.31. The first-order valence-corrected chi connectivity index (χ1v) is 7.48. The fraction of sp³-hybridized carbons (Fsp3) is 0.588. The van der Waals surface area contributed by atoms with Crippen LogP contribution < -0.4 is 5.32 Å². The van der Waals surface area contributed by atoms with Gasteiger partial charge in [-0.15, -0.1) is 0 Å². The zero-order valence-electron chi connectivity index (χ0n) is 13.3. The normalized spacial score (nSPS) is 15.8. The average Bonchev–Trinajstić information content (AvgIpc) is 2.48. The predicted molar refractivity (Wildman–Crippen MR) is 84.1 cm³/mol. The molecule has 4 nitrogen and oxygen atoms in total. The van der Waals surface area contributed by atoms with Crippen molar-refractivity contribution < 1.29 is 14.6 Å². The van der Waals surface area contributed by atoms with Crippen molar-refractivity contribution >= 4 is 6.47 Å². The molecule has 0 aliphatic carbocycles. The molecule has 21 heavy (non-hydrogen) atoms. The van der Waals surface area contributed by atoms with E-state index in [1.807, 2.05) is 32.9 Å². The molecule has 0 atom stereocenters. The third-order valence-electron chi connectivity index (χ3n) is 3.35. The molecular formula is C17H27NO3. The van der Waals surface area contributed by atoms with Gasteiger partial charge in [0.15, 0.2) is 0 Å². The van der Waals surface area contributed by atoms with Crippen LogP contribution in [0.4, 0.5) is 0 Å². The second-order valence-electron chi connectivity index (χ2n) is 6.25. The Morgan fingerprint density at radius 2 is 2.00 bits per heavy atom. The summed E-state index contributed by atoms with van der Waals surface area (Å²) in [6, 6.07) is 8.33. The molecule has 0 unspecified atom stereocenters. The number of aliphatic hydroxyl groups excluding tert-OH is 1. The van der Waals surface area contributed by atoms with E-state index in [-0.39, 0.29) is 12.2 Å². The number of hydrogen-bond acceptors (Lipinski definition) is 4. The SMILES string of the molecule is CC(C)(C)OC=O.OCc1cccc(C2CCNCC2)c1. The first-order valence-electron chi connectivity index (χ1n) is 7.48. The van der Waals surface area contributed by atoms with Crippen LogP contribution in [0.3, 0.4) is 0 Å². The molecule has 1 aliphatic rings. The standard InChI is InChI=1S/C12H17NO.C5H10O2/c14-9-10-2-1-3-12(8-10)11-4-6-13-7-5-11;1-5(2,3)7-4-6/h1-3,8,11,13-14H,4-7,9H2;4H,1-3H3. The highest BCUT2D eigenvalue weighted by Crippen LogP contribution is 2.25. The van der Waals surface area contributed by atoms with Gasteiger partial charge in [0.25, 0.3) is 6.47 Å². The molecule has 0 amide bonds. The summed E-state index contributed by atoms with van der Waals surface area (Å²) in [4.78, 5) is 9.60. The van der Waals surface area contributed by atoms with Gasteiger partial charge < -0.3 is 15.2 Å². The van der Waals surface area contributed by atoms with Crippen LogP contribution in [0.2, 0.25) is 0 Å². The van der Waals surface area contributed by atoms with Crippen molar-refractivity contribution in [2.24, 2.45) is 0 Å². The molecule has 1 aliphatic heterocycles. The number of piperidine rings is 1. The fourth-order valence-electron chi connectivity index (χ4n) is 2.24. The third-order valence-corrected chi connectivity index (χ3v) is 3.35. The molecule has 0 bridgehead atoms. The van der Waals surface area contributed by atoms with Crippen molar-refractivity contribution in [2.75, 3.05) is 13.1 Å². The quantitative estimate of drug-likeness (QED) is 0.841. The number of hydrogen-bond donors (Lipinski definition) is 2. The molecule has 2 rings (SSSR count). The molecule has 1 heterocycles. The first-order chi connectivity index (χ1) is 9.96. The van der Waals surface area contributed by atoms with E-state index < -0.39 is 0 Å². The van der Waals surface area contributed by atoms with Crippen LogP contribution in [-0.2, 0) is 16.1 Å². The average molecular weight is 293 g/mol. The van der Waals surface area contributed by atoms with E-state index in [1.54, 1.807) is 0 Å². The summed E-state index contributed by atoms with van der Waals surface area (Å²) >= 11 is 0. The predicted octanol–water partition coefficient (Wildman–Crippen LogP) is 2.60. The lowest BCUT2D eigenvalue weighted by molar-refractivity contribution is -0.138. The summed E-state index contributed by atoms with van der Waals surface area (Å²) in [5.41, 5.74) is 2.10. The van der Waals surface area contributed by atoms with Crippen LogP contribution in [0.5, 0.6) is 0 Å². The Morgan fingerprint density at radius 3 is 2.48 bits per heavy atom. The number of carbonyl (C=O) groups is 1. The van der Waals surface area contributed by atoms with Crippen molar-refractivity contribution in [3.05, 3.63) is 35.4 Å². The molecule has 1 aromatic rings. The number of nitrogens with one attached hydrogen (secondary N) is 1. The topological polar surface area (TPSA) is 58.6 Å². The van der Waals surface area contributed by atoms with Gasteiger partial charge in [0.2, 0.25) is 0 Å². The van der Waals surface area contributed by atoms with Gasteiger partial charge in [-0.1, -0.05) is 24.3 Å². The van der Waals surface area contributed by atoms with Gasteiger partial charge in [0.1, 0.15) is 5.60 Å². The van der Waals surface area contributed by atoms with Crippen LogP contribution in [-0.4, -0.2) is 30.3 Å². The minimum absolute atomic E-state index is 0.152. The van der Waals surface area contributed by atoms with Crippen molar-refractivity contribution in [3.8, 4) is 0 Å². The smallest absolute Gasteiger partial charge is 0.293 e. The molecule has 1 fully saturated rings. The molecule has 0 saturated carbocycles. The Bertz CT molecular complexity index is 420. The second kappa shape index (κ2) is 8.80. The Labute approximate surface area is 127 Å². The molecule has 2 N–H and O–H groups in total. The highest BCUT2D eigenvalue weighted by atomic mass is 16.5. The highest BCUT2D eigenvalue weighted by Gasteiger charge is 2.14. The van der Waals surface area contributed by atoms with Crippen molar-refractivity contribution in [1.82, 2.24) is 5.32 Å².